The van der Waals surface area contributed by atoms with E-state index in [4.69, 9.17) is 21.1 Å². The van der Waals surface area contributed by atoms with E-state index >= 15 is 0 Å². The molecule has 1 amide bonds. The summed E-state index contributed by atoms with van der Waals surface area (Å²) in [5, 5.41) is 4.22. The van der Waals surface area contributed by atoms with Crippen molar-refractivity contribution < 1.29 is 14.3 Å². The first-order valence-corrected chi connectivity index (χ1v) is 8.30. The fourth-order valence-electron chi connectivity index (χ4n) is 2.84. The Hall–Kier alpha value is -2.79. The molecule has 0 saturated heterocycles. The number of hydrogen-bond acceptors (Lipinski definition) is 4. The molecule has 25 heavy (non-hydrogen) atoms. The highest BCUT2D eigenvalue weighted by Crippen LogP contribution is 2.38. The molecule has 1 aliphatic rings. The van der Waals surface area contributed by atoms with Crippen LogP contribution >= 0.6 is 11.6 Å². The molecule has 0 aliphatic carbocycles. The molecular formula is C19H15ClN2O3. The van der Waals surface area contributed by atoms with Crippen molar-refractivity contribution in [2.24, 2.45) is 0 Å². The van der Waals surface area contributed by atoms with Gasteiger partial charge < -0.3 is 14.8 Å². The van der Waals surface area contributed by atoms with Gasteiger partial charge in [0.1, 0.15) is 13.2 Å². The number of para-hydroxylation sites is 1. The third-order valence-electron chi connectivity index (χ3n) is 4.00. The minimum Gasteiger partial charge on any atom is -0.486 e. The molecule has 5 nitrogen and oxygen atoms in total. The maximum Gasteiger partial charge on any atom is 0.252 e. The molecule has 6 heteroatoms. The van der Waals surface area contributed by atoms with Gasteiger partial charge in [-0.15, -0.1) is 0 Å². The van der Waals surface area contributed by atoms with Crippen molar-refractivity contribution in [3.05, 3.63) is 64.8 Å². The zero-order valence-corrected chi connectivity index (χ0v) is 14.0. The Kier molecular flexibility index (Phi) is 4.15. The highest BCUT2D eigenvalue weighted by atomic mass is 35.5. The summed E-state index contributed by atoms with van der Waals surface area (Å²) in [6, 6.07) is 12.9. The quantitative estimate of drug-likeness (QED) is 0.780. The van der Waals surface area contributed by atoms with Gasteiger partial charge in [-0.25, -0.2) is 0 Å². The summed E-state index contributed by atoms with van der Waals surface area (Å²) in [6.45, 7) is 1.31. The predicted molar refractivity (Wildman–Crippen MR) is 95.4 cm³/mol. The highest BCUT2D eigenvalue weighted by molar-refractivity contribution is 6.32. The van der Waals surface area contributed by atoms with Crippen LogP contribution in [0.15, 0.2) is 48.7 Å². The first-order chi connectivity index (χ1) is 12.2. The fraction of sp³-hybridized carbons (Fsp3) is 0.158. The maximum absolute atomic E-state index is 12.6. The SMILES string of the molecule is O=C(NCc1cc(Cl)c2c(c1)OCCO2)c1ccnc2ccccc12. The van der Waals surface area contributed by atoms with Crippen molar-refractivity contribution in [2.45, 2.75) is 6.54 Å². The van der Waals surface area contributed by atoms with E-state index in [1.807, 2.05) is 30.3 Å². The van der Waals surface area contributed by atoms with Crippen LogP contribution in [0.5, 0.6) is 11.5 Å². The van der Waals surface area contributed by atoms with Gasteiger partial charge in [-0.1, -0.05) is 29.8 Å². The maximum atomic E-state index is 12.6. The van der Waals surface area contributed by atoms with Crippen molar-refractivity contribution in [3.8, 4) is 11.5 Å². The van der Waals surface area contributed by atoms with Crippen LogP contribution in [0.25, 0.3) is 10.9 Å². The molecule has 0 bridgehead atoms. The van der Waals surface area contributed by atoms with Crippen LogP contribution in [-0.2, 0) is 6.54 Å². The number of halogens is 1. The molecule has 3 aromatic rings. The van der Waals surface area contributed by atoms with E-state index in [2.05, 4.69) is 10.3 Å². The Morgan fingerprint density at radius 1 is 1.16 bits per heavy atom. The van der Waals surface area contributed by atoms with Crippen molar-refractivity contribution in [1.82, 2.24) is 10.3 Å². The van der Waals surface area contributed by atoms with Crippen molar-refractivity contribution in [2.75, 3.05) is 13.2 Å². The summed E-state index contributed by atoms with van der Waals surface area (Å²) < 4.78 is 11.1. The molecule has 0 atom stereocenters. The lowest BCUT2D eigenvalue weighted by Gasteiger charge is -2.20. The fourth-order valence-corrected chi connectivity index (χ4v) is 3.13. The standard InChI is InChI=1S/C19H15ClN2O3/c20-15-9-12(10-17-18(15)25-8-7-24-17)11-22-19(23)14-5-6-21-16-4-2-1-3-13(14)16/h1-6,9-10H,7-8,11H2,(H,22,23). The third-order valence-corrected chi connectivity index (χ3v) is 4.28. The van der Waals surface area contributed by atoms with Gasteiger partial charge in [0.15, 0.2) is 11.5 Å². The second-order valence-electron chi connectivity index (χ2n) is 5.66. The normalized spacial score (nSPS) is 12.8. The number of hydrogen-bond donors (Lipinski definition) is 1. The monoisotopic (exact) mass is 354 g/mol. The molecule has 126 valence electrons. The van der Waals surface area contributed by atoms with Crippen LogP contribution in [0.3, 0.4) is 0 Å². The average Bonchev–Trinajstić information content (AvgIpc) is 2.66. The van der Waals surface area contributed by atoms with Gasteiger partial charge in [0, 0.05) is 18.1 Å². The van der Waals surface area contributed by atoms with E-state index < -0.39 is 0 Å². The minimum absolute atomic E-state index is 0.162. The number of rotatable bonds is 3. The Labute approximate surface area is 149 Å². The molecule has 2 heterocycles. The zero-order chi connectivity index (χ0) is 17.2. The smallest absolute Gasteiger partial charge is 0.252 e. The molecule has 2 aromatic carbocycles. The second kappa shape index (κ2) is 6.61. The van der Waals surface area contributed by atoms with Crippen LogP contribution in [0, 0.1) is 0 Å². The largest absolute Gasteiger partial charge is 0.486 e. The first-order valence-electron chi connectivity index (χ1n) is 7.92. The molecule has 1 N–H and O–H groups in total. The van der Waals surface area contributed by atoms with Gasteiger partial charge >= 0.3 is 0 Å². The van der Waals surface area contributed by atoms with Gasteiger partial charge in [0.25, 0.3) is 5.91 Å². The number of ether oxygens (including phenoxy) is 2. The summed E-state index contributed by atoms with van der Waals surface area (Å²) >= 11 is 6.23. The van der Waals surface area contributed by atoms with Gasteiger partial charge in [0.2, 0.25) is 0 Å². The van der Waals surface area contributed by atoms with Crippen LogP contribution in [-0.4, -0.2) is 24.1 Å². The number of nitrogens with zero attached hydrogens (tertiary/aromatic N) is 1. The molecule has 1 aromatic heterocycles. The van der Waals surface area contributed by atoms with Gasteiger partial charge in [-0.05, 0) is 29.8 Å². The van der Waals surface area contributed by atoms with E-state index in [1.165, 1.54) is 0 Å². The molecule has 0 radical (unpaired) electrons. The predicted octanol–water partition coefficient (Wildman–Crippen LogP) is 3.59. The summed E-state index contributed by atoms with van der Waals surface area (Å²) in [4.78, 5) is 16.9. The number of aromatic nitrogens is 1. The summed E-state index contributed by atoms with van der Waals surface area (Å²) in [6.07, 6.45) is 1.64. The number of carbonyl (C=O) groups excluding carboxylic acids is 1. The zero-order valence-electron chi connectivity index (χ0n) is 13.3. The van der Waals surface area contributed by atoms with Gasteiger partial charge in [0.05, 0.1) is 16.1 Å². The van der Waals surface area contributed by atoms with Crippen molar-refractivity contribution in [1.29, 1.82) is 0 Å². The number of benzene rings is 2. The van der Waals surface area contributed by atoms with E-state index in [1.54, 1.807) is 18.3 Å². The Bertz CT molecular complexity index is 953. The topological polar surface area (TPSA) is 60.5 Å². The lowest BCUT2D eigenvalue weighted by molar-refractivity contribution is 0.0952. The minimum atomic E-state index is -0.162. The molecule has 0 unspecified atom stereocenters. The van der Waals surface area contributed by atoms with Crippen molar-refractivity contribution in [3.63, 3.8) is 0 Å². The van der Waals surface area contributed by atoms with Crippen LogP contribution < -0.4 is 14.8 Å². The van der Waals surface area contributed by atoms with Crippen LogP contribution in [0.2, 0.25) is 5.02 Å². The summed E-state index contributed by atoms with van der Waals surface area (Å²) in [5.41, 5.74) is 2.23. The number of fused-ring (bicyclic) bond motifs is 2. The molecule has 1 aliphatic heterocycles. The third kappa shape index (κ3) is 3.10. The number of nitrogens with one attached hydrogen (secondary N) is 1. The van der Waals surface area contributed by atoms with Crippen LogP contribution in [0.4, 0.5) is 0 Å². The first kappa shape index (κ1) is 15.7. The van der Waals surface area contributed by atoms with Gasteiger partial charge in [-0.2, -0.15) is 0 Å². The molecular weight excluding hydrogens is 340 g/mol. The summed E-state index contributed by atoms with van der Waals surface area (Å²) in [5.74, 6) is 1.00. The molecule has 4 rings (SSSR count). The van der Waals surface area contributed by atoms with E-state index in [0.717, 1.165) is 16.5 Å². The number of amides is 1. The lowest BCUT2D eigenvalue weighted by Crippen LogP contribution is -2.23. The molecule has 0 spiro atoms. The van der Waals surface area contributed by atoms with Gasteiger partial charge in [-0.3, -0.25) is 9.78 Å². The number of carbonyl (C=O) groups is 1. The highest BCUT2D eigenvalue weighted by Gasteiger charge is 2.17. The van der Waals surface area contributed by atoms with E-state index in [9.17, 15) is 4.79 Å². The lowest BCUT2D eigenvalue weighted by atomic mass is 10.1. The number of pyridine rings is 1. The average molecular weight is 355 g/mol. The Balaban J connectivity index is 1.55. The summed E-state index contributed by atoms with van der Waals surface area (Å²) in [7, 11) is 0. The Morgan fingerprint density at radius 3 is 2.92 bits per heavy atom. The molecule has 0 saturated carbocycles. The molecule has 0 fully saturated rings. The van der Waals surface area contributed by atoms with E-state index in [-0.39, 0.29) is 5.91 Å². The second-order valence-corrected chi connectivity index (χ2v) is 6.07. The Morgan fingerprint density at radius 2 is 2.00 bits per heavy atom. The van der Waals surface area contributed by atoms with Crippen molar-refractivity contribution >= 4 is 28.4 Å². The van der Waals surface area contributed by atoms with Crippen LogP contribution in [0.1, 0.15) is 15.9 Å². The van der Waals surface area contributed by atoms with E-state index in [0.29, 0.717) is 41.8 Å².